The van der Waals surface area contributed by atoms with Crippen LogP contribution in [0.4, 0.5) is 8.78 Å². The highest BCUT2D eigenvalue weighted by Gasteiger charge is 2.47. The van der Waals surface area contributed by atoms with Crippen LogP contribution in [0.5, 0.6) is 0 Å². The Kier molecular flexibility index (Phi) is 4.90. The van der Waals surface area contributed by atoms with E-state index >= 15 is 0 Å². The first-order chi connectivity index (χ1) is 9.93. The molecule has 1 atom stereocenters. The Morgan fingerprint density at radius 3 is 2.62 bits per heavy atom. The van der Waals surface area contributed by atoms with Crippen LogP contribution in [0.15, 0.2) is 30.3 Å². The van der Waals surface area contributed by atoms with Crippen molar-refractivity contribution in [3.63, 3.8) is 0 Å². The number of hydrogen-bond donors (Lipinski definition) is 2. The summed E-state index contributed by atoms with van der Waals surface area (Å²) in [4.78, 5) is 13.6. The number of aliphatic hydroxyl groups is 1. The third kappa shape index (κ3) is 3.98. The lowest BCUT2D eigenvalue weighted by molar-refractivity contribution is -0.164. The third-order valence-corrected chi connectivity index (χ3v) is 3.68. The van der Waals surface area contributed by atoms with Gasteiger partial charge in [0.1, 0.15) is 0 Å². The van der Waals surface area contributed by atoms with Crippen molar-refractivity contribution in [3.8, 4) is 0 Å². The van der Waals surface area contributed by atoms with E-state index in [0.29, 0.717) is 12.6 Å². The number of rotatable bonds is 7. The molecule has 0 aromatic heterocycles. The molecule has 2 N–H and O–H groups in total. The Morgan fingerprint density at radius 2 is 2.05 bits per heavy atom. The zero-order valence-electron chi connectivity index (χ0n) is 11.9. The van der Waals surface area contributed by atoms with Crippen LogP contribution >= 0.6 is 0 Å². The Balaban J connectivity index is 1.86. The summed E-state index contributed by atoms with van der Waals surface area (Å²) in [5.74, 6) is -5.29. The number of benzene rings is 1. The molecule has 2 rings (SSSR count). The van der Waals surface area contributed by atoms with Gasteiger partial charge in [0.05, 0.1) is 0 Å². The zero-order chi connectivity index (χ0) is 15.5. The van der Waals surface area contributed by atoms with Crippen LogP contribution in [0.3, 0.4) is 0 Å². The maximum Gasteiger partial charge on any atom is 0.353 e. The van der Waals surface area contributed by atoms with E-state index in [9.17, 15) is 18.7 Å². The van der Waals surface area contributed by atoms with E-state index < -0.39 is 17.9 Å². The minimum Gasteiger partial charge on any atom is -0.381 e. The fourth-order valence-corrected chi connectivity index (χ4v) is 2.13. The SMILES string of the molecule is CN(CCNC(=O)C(F)(F)C(O)c1ccccc1)C1CC1. The lowest BCUT2D eigenvalue weighted by Gasteiger charge is -2.23. The summed E-state index contributed by atoms with van der Waals surface area (Å²) in [7, 11) is 1.90. The number of carbonyl (C=O) groups excluding carboxylic acids is 1. The number of hydrogen-bond acceptors (Lipinski definition) is 3. The fraction of sp³-hybridized carbons (Fsp3) is 0.533. The standard InChI is InChI=1S/C15H20F2N2O2/c1-19(12-7-8-12)10-9-18-14(21)15(16,17)13(20)11-5-3-2-4-6-11/h2-6,12-13,20H,7-10H2,1H3,(H,18,21). The van der Waals surface area contributed by atoms with Gasteiger partial charge in [-0.25, -0.2) is 0 Å². The molecule has 1 aliphatic rings. The molecule has 0 saturated heterocycles. The molecular formula is C15H20F2N2O2. The van der Waals surface area contributed by atoms with Crippen molar-refractivity contribution in [1.29, 1.82) is 0 Å². The number of nitrogens with one attached hydrogen (secondary N) is 1. The van der Waals surface area contributed by atoms with Gasteiger partial charge < -0.3 is 15.3 Å². The molecule has 1 unspecified atom stereocenters. The van der Waals surface area contributed by atoms with E-state index in [2.05, 4.69) is 5.32 Å². The van der Waals surface area contributed by atoms with E-state index in [4.69, 9.17) is 0 Å². The molecule has 0 radical (unpaired) electrons. The minimum atomic E-state index is -3.85. The summed E-state index contributed by atoms with van der Waals surface area (Å²) in [6.45, 7) is 0.664. The lowest BCUT2D eigenvalue weighted by Crippen LogP contribution is -2.46. The Labute approximate surface area is 122 Å². The average molecular weight is 298 g/mol. The molecule has 21 heavy (non-hydrogen) atoms. The number of likely N-dealkylation sites (N-methyl/N-ethyl adjacent to an activating group) is 1. The molecule has 4 nitrogen and oxygen atoms in total. The Bertz CT molecular complexity index is 478. The van der Waals surface area contributed by atoms with E-state index in [1.54, 1.807) is 6.07 Å². The first kappa shape index (κ1) is 15.9. The highest BCUT2D eigenvalue weighted by Crippen LogP contribution is 2.31. The van der Waals surface area contributed by atoms with Crippen molar-refractivity contribution in [3.05, 3.63) is 35.9 Å². The molecule has 0 aliphatic heterocycles. The van der Waals surface area contributed by atoms with Gasteiger partial charge in [-0.3, -0.25) is 4.79 Å². The smallest absolute Gasteiger partial charge is 0.353 e. The first-order valence-corrected chi connectivity index (χ1v) is 7.02. The molecule has 1 aromatic rings. The predicted octanol–water partition coefficient (Wildman–Crippen LogP) is 1.57. The maximum absolute atomic E-state index is 13.9. The van der Waals surface area contributed by atoms with Crippen molar-refractivity contribution in [2.45, 2.75) is 30.9 Å². The van der Waals surface area contributed by atoms with E-state index in [-0.39, 0.29) is 12.1 Å². The number of amides is 1. The summed E-state index contributed by atoms with van der Waals surface area (Å²) in [6, 6.07) is 7.98. The van der Waals surface area contributed by atoms with Crippen LogP contribution in [0.1, 0.15) is 24.5 Å². The van der Waals surface area contributed by atoms with Crippen molar-refractivity contribution in [1.82, 2.24) is 10.2 Å². The topological polar surface area (TPSA) is 52.6 Å². The number of halogens is 2. The van der Waals surface area contributed by atoms with Crippen LogP contribution in [0.2, 0.25) is 0 Å². The molecule has 0 bridgehead atoms. The molecule has 0 heterocycles. The zero-order valence-corrected chi connectivity index (χ0v) is 11.9. The van der Waals surface area contributed by atoms with Crippen LogP contribution in [-0.2, 0) is 4.79 Å². The molecule has 6 heteroatoms. The molecule has 0 spiro atoms. The van der Waals surface area contributed by atoms with E-state index in [1.165, 1.54) is 24.3 Å². The van der Waals surface area contributed by atoms with Crippen LogP contribution < -0.4 is 5.32 Å². The number of aliphatic hydroxyl groups excluding tert-OH is 1. The largest absolute Gasteiger partial charge is 0.381 e. The van der Waals surface area contributed by atoms with Gasteiger partial charge >= 0.3 is 5.92 Å². The number of alkyl halides is 2. The summed E-state index contributed by atoms with van der Waals surface area (Å²) >= 11 is 0. The summed E-state index contributed by atoms with van der Waals surface area (Å²) in [5.41, 5.74) is 0.0211. The highest BCUT2D eigenvalue weighted by atomic mass is 19.3. The van der Waals surface area contributed by atoms with Gasteiger partial charge in [0.2, 0.25) is 0 Å². The monoisotopic (exact) mass is 298 g/mol. The van der Waals surface area contributed by atoms with Crippen molar-refractivity contribution in [2.75, 3.05) is 20.1 Å². The number of carbonyl (C=O) groups is 1. The Hall–Kier alpha value is -1.53. The summed E-state index contributed by atoms with van der Waals surface area (Å²) < 4.78 is 27.8. The van der Waals surface area contributed by atoms with Gasteiger partial charge in [-0.1, -0.05) is 30.3 Å². The van der Waals surface area contributed by atoms with Gasteiger partial charge in [0.25, 0.3) is 5.91 Å². The van der Waals surface area contributed by atoms with Crippen LogP contribution in [0.25, 0.3) is 0 Å². The fourth-order valence-electron chi connectivity index (χ4n) is 2.13. The molecule has 1 aliphatic carbocycles. The van der Waals surface area contributed by atoms with E-state index in [1.807, 2.05) is 11.9 Å². The Morgan fingerprint density at radius 1 is 1.43 bits per heavy atom. The lowest BCUT2D eigenvalue weighted by atomic mass is 10.0. The van der Waals surface area contributed by atoms with Crippen molar-refractivity contribution in [2.24, 2.45) is 0 Å². The van der Waals surface area contributed by atoms with Gasteiger partial charge in [-0.15, -0.1) is 0 Å². The molecular weight excluding hydrogens is 278 g/mol. The van der Waals surface area contributed by atoms with E-state index in [0.717, 1.165) is 12.8 Å². The molecule has 1 saturated carbocycles. The van der Waals surface area contributed by atoms with Crippen LogP contribution in [-0.4, -0.2) is 48.0 Å². The summed E-state index contributed by atoms with van der Waals surface area (Å²) in [6.07, 6.45) is 0.0977. The first-order valence-electron chi connectivity index (χ1n) is 7.02. The quantitative estimate of drug-likeness (QED) is 0.803. The number of nitrogens with zero attached hydrogens (tertiary/aromatic N) is 1. The summed E-state index contributed by atoms with van der Waals surface area (Å²) in [5, 5.41) is 11.9. The third-order valence-electron chi connectivity index (χ3n) is 3.68. The van der Waals surface area contributed by atoms with Crippen LogP contribution in [0, 0.1) is 0 Å². The molecule has 1 aromatic carbocycles. The normalized spacial score (nSPS) is 16.8. The molecule has 1 fully saturated rings. The molecule has 116 valence electrons. The second-order valence-corrected chi connectivity index (χ2v) is 5.40. The second-order valence-electron chi connectivity index (χ2n) is 5.40. The van der Waals surface area contributed by atoms with Gasteiger partial charge in [-0.2, -0.15) is 8.78 Å². The van der Waals surface area contributed by atoms with Crippen molar-refractivity contribution < 1.29 is 18.7 Å². The molecule has 1 amide bonds. The maximum atomic E-state index is 13.9. The average Bonchev–Trinajstić information content (AvgIpc) is 3.31. The minimum absolute atomic E-state index is 0.0211. The second kappa shape index (κ2) is 6.49. The van der Waals surface area contributed by atoms with Gasteiger partial charge in [-0.05, 0) is 25.5 Å². The van der Waals surface area contributed by atoms with Gasteiger partial charge in [0.15, 0.2) is 6.10 Å². The van der Waals surface area contributed by atoms with Gasteiger partial charge in [0, 0.05) is 19.1 Å². The predicted molar refractivity (Wildman–Crippen MR) is 75.0 cm³/mol. The highest BCUT2D eigenvalue weighted by molar-refractivity contribution is 5.84. The van der Waals surface area contributed by atoms with Crippen molar-refractivity contribution >= 4 is 5.91 Å².